The van der Waals surface area contributed by atoms with E-state index in [1.807, 2.05) is 6.92 Å². The summed E-state index contributed by atoms with van der Waals surface area (Å²) >= 11 is 3.36. The summed E-state index contributed by atoms with van der Waals surface area (Å²) in [4.78, 5) is 13.9. The van der Waals surface area contributed by atoms with Gasteiger partial charge in [0.25, 0.3) is 0 Å². The summed E-state index contributed by atoms with van der Waals surface area (Å²) in [5.74, 6) is -0.170. The van der Waals surface area contributed by atoms with Gasteiger partial charge in [-0.2, -0.15) is 0 Å². The van der Waals surface area contributed by atoms with Gasteiger partial charge in [-0.3, -0.25) is 9.69 Å². The SMILES string of the molecule is CCC1C(=O)NCCN1Cc1ccc(F)cc1Br. The lowest BCUT2D eigenvalue weighted by Crippen LogP contribution is -2.54. The molecule has 1 heterocycles. The zero-order chi connectivity index (χ0) is 13.1. The zero-order valence-electron chi connectivity index (χ0n) is 10.2. The molecule has 0 saturated carbocycles. The average molecular weight is 315 g/mol. The van der Waals surface area contributed by atoms with Gasteiger partial charge in [-0.05, 0) is 24.1 Å². The summed E-state index contributed by atoms with van der Waals surface area (Å²) in [6.07, 6.45) is 0.782. The quantitative estimate of drug-likeness (QED) is 0.928. The van der Waals surface area contributed by atoms with Crippen molar-refractivity contribution in [1.82, 2.24) is 10.2 Å². The maximum Gasteiger partial charge on any atom is 0.237 e. The highest BCUT2D eigenvalue weighted by atomic mass is 79.9. The van der Waals surface area contributed by atoms with Crippen LogP contribution in [0.15, 0.2) is 22.7 Å². The van der Waals surface area contributed by atoms with Gasteiger partial charge in [0.15, 0.2) is 0 Å². The van der Waals surface area contributed by atoms with Crippen LogP contribution < -0.4 is 5.32 Å². The van der Waals surface area contributed by atoms with E-state index in [2.05, 4.69) is 26.1 Å². The molecule has 18 heavy (non-hydrogen) atoms. The largest absolute Gasteiger partial charge is 0.353 e. The molecule has 0 radical (unpaired) electrons. The Balaban J connectivity index is 2.14. The van der Waals surface area contributed by atoms with Crippen LogP contribution in [0.25, 0.3) is 0 Å². The fourth-order valence-corrected chi connectivity index (χ4v) is 2.74. The van der Waals surface area contributed by atoms with E-state index in [1.54, 1.807) is 6.07 Å². The maximum atomic E-state index is 13.0. The van der Waals surface area contributed by atoms with E-state index in [1.165, 1.54) is 12.1 Å². The van der Waals surface area contributed by atoms with Gasteiger partial charge in [0.05, 0.1) is 6.04 Å². The average Bonchev–Trinajstić information content (AvgIpc) is 2.33. The summed E-state index contributed by atoms with van der Waals surface area (Å²) in [5, 5.41) is 2.87. The van der Waals surface area contributed by atoms with Gasteiger partial charge in [0.1, 0.15) is 5.82 Å². The van der Waals surface area contributed by atoms with Gasteiger partial charge < -0.3 is 5.32 Å². The molecule has 0 bridgehead atoms. The van der Waals surface area contributed by atoms with Crippen molar-refractivity contribution in [1.29, 1.82) is 0 Å². The minimum absolute atomic E-state index is 0.0852. The van der Waals surface area contributed by atoms with E-state index in [9.17, 15) is 9.18 Å². The van der Waals surface area contributed by atoms with Gasteiger partial charge in [-0.15, -0.1) is 0 Å². The van der Waals surface area contributed by atoms with E-state index in [4.69, 9.17) is 0 Å². The second-order valence-electron chi connectivity index (χ2n) is 4.42. The number of rotatable bonds is 3. The predicted molar refractivity (Wildman–Crippen MR) is 71.6 cm³/mol. The van der Waals surface area contributed by atoms with E-state index in [0.29, 0.717) is 13.1 Å². The summed E-state index contributed by atoms with van der Waals surface area (Å²) in [5.41, 5.74) is 1.00. The molecule has 1 aromatic rings. The third-order valence-corrected chi connectivity index (χ3v) is 3.96. The number of carbonyl (C=O) groups excluding carboxylic acids is 1. The second kappa shape index (κ2) is 5.80. The molecule has 1 amide bonds. The third kappa shape index (κ3) is 2.90. The molecule has 2 rings (SSSR count). The minimum Gasteiger partial charge on any atom is -0.353 e. The van der Waals surface area contributed by atoms with Crippen LogP contribution in [0, 0.1) is 5.82 Å². The normalized spacial score (nSPS) is 20.8. The second-order valence-corrected chi connectivity index (χ2v) is 5.28. The van der Waals surface area contributed by atoms with Crippen LogP contribution >= 0.6 is 15.9 Å². The lowest BCUT2D eigenvalue weighted by molar-refractivity contribution is -0.129. The smallest absolute Gasteiger partial charge is 0.237 e. The topological polar surface area (TPSA) is 32.3 Å². The Morgan fingerprint density at radius 2 is 2.33 bits per heavy atom. The monoisotopic (exact) mass is 314 g/mol. The number of hydrogen-bond donors (Lipinski definition) is 1. The molecule has 1 unspecified atom stereocenters. The number of benzene rings is 1. The first-order valence-electron chi connectivity index (χ1n) is 6.07. The van der Waals surface area contributed by atoms with Crippen LogP contribution in [0.3, 0.4) is 0 Å². The highest BCUT2D eigenvalue weighted by Crippen LogP contribution is 2.21. The number of piperazine rings is 1. The maximum absolute atomic E-state index is 13.0. The lowest BCUT2D eigenvalue weighted by atomic mass is 10.1. The molecular formula is C13H16BrFN2O. The molecule has 0 spiro atoms. The van der Waals surface area contributed by atoms with Crippen LogP contribution in [0.1, 0.15) is 18.9 Å². The summed E-state index contributed by atoms with van der Waals surface area (Å²) in [6.45, 7) is 4.16. The summed E-state index contributed by atoms with van der Waals surface area (Å²) < 4.78 is 13.8. The van der Waals surface area contributed by atoms with Crippen molar-refractivity contribution in [2.45, 2.75) is 25.9 Å². The zero-order valence-corrected chi connectivity index (χ0v) is 11.8. The molecule has 1 aliphatic rings. The molecule has 5 heteroatoms. The Hall–Kier alpha value is -0.940. The van der Waals surface area contributed by atoms with Crippen molar-refractivity contribution in [3.63, 3.8) is 0 Å². The Bertz CT molecular complexity index is 453. The first-order valence-corrected chi connectivity index (χ1v) is 6.86. The lowest BCUT2D eigenvalue weighted by Gasteiger charge is -2.34. The molecule has 1 N–H and O–H groups in total. The molecule has 1 aliphatic heterocycles. The number of hydrogen-bond acceptors (Lipinski definition) is 2. The Morgan fingerprint density at radius 3 is 3.00 bits per heavy atom. The molecular weight excluding hydrogens is 299 g/mol. The van der Waals surface area contributed by atoms with Gasteiger partial charge in [-0.25, -0.2) is 4.39 Å². The predicted octanol–water partition coefficient (Wildman–Crippen LogP) is 2.30. The summed E-state index contributed by atoms with van der Waals surface area (Å²) in [7, 11) is 0. The van der Waals surface area contributed by atoms with Crippen molar-refractivity contribution in [2.24, 2.45) is 0 Å². The van der Waals surface area contributed by atoms with Crippen molar-refractivity contribution < 1.29 is 9.18 Å². The highest BCUT2D eigenvalue weighted by Gasteiger charge is 2.28. The van der Waals surface area contributed by atoms with Crippen molar-refractivity contribution in [3.05, 3.63) is 34.1 Å². The molecule has 3 nitrogen and oxygen atoms in total. The molecule has 0 aromatic heterocycles. The van der Waals surface area contributed by atoms with E-state index < -0.39 is 0 Å². The Kier molecular flexibility index (Phi) is 4.35. The first-order chi connectivity index (χ1) is 8.61. The van der Waals surface area contributed by atoms with Crippen LogP contribution in [-0.4, -0.2) is 29.9 Å². The molecule has 1 atom stereocenters. The van der Waals surface area contributed by atoms with Crippen molar-refractivity contribution in [3.8, 4) is 0 Å². The van der Waals surface area contributed by atoms with Gasteiger partial charge in [-0.1, -0.05) is 28.9 Å². The minimum atomic E-state index is -0.256. The number of amides is 1. The van der Waals surface area contributed by atoms with Crippen LogP contribution in [0.4, 0.5) is 4.39 Å². The van der Waals surface area contributed by atoms with Crippen LogP contribution in [0.5, 0.6) is 0 Å². The number of halogens is 2. The molecule has 1 aromatic carbocycles. The molecule has 1 fully saturated rings. The van der Waals surface area contributed by atoms with Crippen molar-refractivity contribution in [2.75, 3.05) is 13.1 Å². The first kappa shape index (κ1) is 13.5. The van der Waals surface area contributed by atoms with E-state index in [-0.39, 0.29) is 17.8 Å². The van der Waals surface area contributed by atoms with Gasteiger partial charge in [0, 0.05) is 24.1 Å². The van der Waals surface area contributed by atoms with Crippen LogP contribution in [-0.2, 0) is 11.3 Å². The molecule has 0 aliphatic carbocycles. The molecule has 98 valence electrons. The van der Waals surface area contributed by atoms with Crippen LogP contribution in [0.2, 0.25) is 0 Å². The Morgan fingerprint density at radius 1 is 1.56 bits per heavy atom. The third-order valence-electron chi connectivity index (χ3n) is 3.22. The number of carbonyl (C=O) groups is 1. The Labute approximate surface area is 114 Å². The van der Waals surface area contributed by atoms with E-state index in [0.717, 1.165) is 23.0 Å². The molecule has 1 saturated heterocycles. The number of nitrogens with zero attached hydrogens (tertiary/aromatic N) is 1. The van der Waals surface area contributed by atoms with Gasteiger partial charge in [0.2, 0.25) is 5.91 Å². The van der Waals surface area contributed by atoms with Crippen molar-refractivity contribution >= 4 is 21.8 Å². The standard InChI is InChI=1S/C13H16BrFN2O/c1-2-12-13(18)16-5-6-17(12)8-9-3-4-10(15)7-11(9)14/h3-4,7,12H,2,5-6,8H2,1H3,(H,16,18). The van der Waals surface area contributed by atoms with Gasteiger partial charge >= 0.3 is 0 Å². The number of nitrogens with one attached hydrogen (secondary N) is 1. The highest BCUT2D eigenvalue weighted by molar-refractivity contribution is 9.10. The fourth-order valence-electron chi connectivity index (χ4n) is 2.26. The fraction of sp³-hybridized carbons (Fsp3) is 0.462. The summed E-state index contributed by atoms with van der Waals surface area (Å²) in [6, 6.07) is 4.58. The van der Waals surface area contributed by atoms with E-state index >= 15 is 0 Å².